The lowest BCUT2D eigenvalue weighted by Gasteiger charge is -2.22. The van der Waals surface area contributed by atoms with Crippen molar-refractivity contribution in [2.45, 2.75) is 32.6 Å². The van der Waals surface area contributed by atoms with E-state index in [1.807, 2.05) is 6.07 Å². The van der Waals surface area contributed by atoms with Crippen molar-refractivity contribution < 1.29 is 0 Å². The molecule has 1 aliphatic rings. The molecule has 0 amide bonds. The van der Waals surface area contributed by atoms with Crippen LogP contribution in [0.2, 0.25) is 5.15 Å². The SMILES string of the molecule is CCC1CCCN(c2ccnc(Cl)c2)CC1. The summed E-state index contributed by atoms with van der Waals surface area (Å²) >= 11 is 5.92. The monoisotopic (exact) mass is 238 g/mol. The summed E-state index contributed by atoms with van der Waals surface area (Å²) in [7, 11) is 0. The topological polar surface area (TPSA) is 16.1 Å². The maximum absolute atomic E-state index is 5.92. The Morgan fingerprint density at radius 3 is 3.06 bits per heavy atom. The Bertz CT molecular complexity index is 340. The molecule has 1 saturated heterocycles. The third-order valence-corrected chi connectivity index (χ3v) is 3.71. The largest absolute Gasteiger partial charge is 0.371 e. The fourth-order valence-corrected chi connectivity index (χ4v) is 2.59. The van der Waals surface area contributed by atoms with Crippen LogP contribution in [0.4, 0.5) is 5.69 Å². The van der Waals surface area contributed by atoms with Crippen molar-refractivity contribution in [2.24, 2.45) is 5.92 Å². The minimum atomic E-state index is 0.591. The van der Waals surface area contributed by atoms with Gasteiger partial charge in [-0.1, -0.05) is 24.9 Å². The lowest BCUT2D eigenvalue weighted by Crippen LogP contribution is -2.24. The van der Waals surface area contributed by atoms with Crippen molar-refractivity contribution in [2.75, 3.05) is 18.0 Å². The summed E-state index contributed by atoms with van der Waals surface area (Å²) < 4.78 is 0. The Balaban J connectivity index is 2.04. The number of aromatic nitrogens is 1. The van der Waals surface area contributed by atoms with Gasteiger partial charge < -0.3 is 4.90 Å². The quantitative estimate of drug-likeness (QED) is 0.730. The highest BCUT2D eigenvalue weighted by atomic mass is 35.5. The summed E-state index contributed by atoms with van der Waals surface area (Å²) in [5.41, 5.74) is 1.22. The molecule has 0 aromatic carbocycles. The zero-order valence-corrected chi connectivity index (χ0v) is 10.6. The predicted octanol–water partition coefficient (Wildman–Crippen LogP) is 3.75. The van der Waals surface area contributed by atoms with E-state index in [0.29, 0.717) is 5.15 Å². The molecule has 0 bridgehead atoms. The van der Waals surface area contributed by atoms with Gasteiger partial charge in [-0.05, 0) is 37.3 Å². The van der Waals surface area contributed by atoms with E-state index in [2.05, 4.69) is 22.9 Å². The molecule has 0 radical (unpaired) electrons. The van der Waals surface area contributed by atoms with Gasteiger partial charge in [-0.3, -0.25) is 0 Å². The Morgan fingerprint density at radius 2 is 2.31 bits per heavy atom. The van der Waals surface area contributed by atoms with E-state index in [1.54, 1.807) is 6.20 Å². The zero-order valence-electron chi connectivity index (χ0n) is 9.82. The van der Waals surface area contributed by atoms with Crippen LogP contribution in [-0.4, -0.2) is 18.1 Å². The van der Waals surface area contributed by atoms with Gasteiger partial charge in [0.25, 0.3) is 0 Å². The Morgan fingerprint density at radius 1 is 1.44 bits per heavy atom. The Labute approximate surface area is 103 Å². The molecule has 0 saturated carbocycles. The lowest BCUT2D eigenvalue weighted by atomic mass is 9.98. The molecule has 0 spiro atoms. The van der Waals surface area contributed by atoms with Crippen LogP contribution >= 0.6 is 11.6 Å². The maximum Gasteiger partial charge on any atom is 0.131 e. The fraction of sp³-hybridized carbons (Fsp3) is 0.615. The van der Waals surface area contributed by atoms with Crippen LogP contribution in [0.3, 0.4) is 0 Å². The molecule has 2 heterocycles. The highest BCUT2D eigenvalue weighted by Gasteiger charge is 2.15. The molecule has 16 heavy (non-hydrogen) atoms. The molecular formula is C13H19ClN2. The molecular weight excluding hydrogens is 220 g/mol. The Hall–Kier alpha value is -0.760. The number of nitrogens with zero attached hydrogens (tertiary/aromatic N) is 2. The number of anilines is 1. The molecule has 0 N–H and O–H groups in total. The second kappa shape index (κ2) is 5.53. The zero-order chi connectivity index (χ0) is 11.4. The number of hydrogen-bond acceptors (Lipinski definition) is 2. The van der Waals surface area contributed by atoms with Crippen molar-refractivity contribution in [3.05, 3.63) is 23.5 Å². The van der Waals surface area contributed by atoms with Crippen molar-refractivity contribution in [1.29, 1.82) is 0 Å². The molecule has 88 valence electrons. The summed E-state index contributed by atoms with van der Waals surface area (Å²) in [5.74, 6) is 0.905. The third-order valence-electron chi connectivity index (χ3n) is 3.50. The average molecular weight is 239 g/mol. The van der Waals surface area contributed by atoms with Crippen molar-refractivity contribution in [1.82, 2.24) is 4.98 Å². The van der Waals surface area contributed by atoms with Crippen molar-refractivity contribution >= 4 is 17.3 Å². The molecule has 1 unspecified atom stereocenters. The molecule has 0 aliphatic carbocycles. The molecule has 1 fully saturated rings. The van der Waals surface area contributed by atoms with Crippen LogP contribution in [0.25, 0.3) is 0 Å². The summed E-state index contributed by atoms with van der Waals surface area (Å²) in [6.45, 7) is 4.60. The van der Waals surface area contributed by atoms with Gasteiger partial charge in [0, 0.05) is 25.0 Å². The molecule has 1 aromatic rings. The van der Waals surface area contributed by atoms with Crippen LogP contribution in [0.15, 0.2) is 18.3 Å². The van der Waals surface area contributed by atoms with Gasteiger partial charge in [0.15, 0.2) is 0 Å². The van der Waals surface area contributed by atoms with E-state index < -0.39 is 0 Å². The first-order valence-electron chi connectivity index (χ1n) is 6.16. The number of hydrogen-bond donors (Lipinski definition) is 0. The van der Waals surface area contributed by atoms with Gasteiger partial charge in [0.2, 0.25) is 0 Å². The Kier molecular flexibility index (Phi) is 4.05. The summed E-state index contributed by atoms with van der Waals surface area (Å²) in [6.07, 6.45) is 7.06. The second-order valence-electron chi connectivity index (χ2n) is 4.53. The van der Waals surface area contributed by atoms with Crippen molar-refractivity contribution in [3.8, 4) is 0 Å². The standard InChI is InChI=1S/C13H19ClN2/c1-2-11-4-3-8-16(9-6-11)12-5-7-15-13(14)10-12/h5,7,10-11H,2-4,6,8-9H2,1H3. The predicted molar refractivity (Wildman–Crippen MR) is 69.1 cm³/mol. The lowest BCUT2D eigenvalue weighted by molar-refractivity contribution is 0.459. The maximum atomic E-state index is 5.92. The first-order valence-corrected chi connectivity index (χ1v) is 6.54. The smallest absolute Gasteiger partial charge is 0.131 e. The third kappa shape index (κ3) is 2.88. The minimum Gasteiger partial charge on any atom is -0.371 e. The van der Waals surface area contributed by atoms with Gasteiger partial charge in [-0.25, -0.2) is 4.98 Å². The van der Waals surface area contributed by atoms with Gasteiger partial charge in [0.1, 0.15) is 5.15 Å². The highest BCUT2D eigenvalue weighted by Crippen LogP contribution is 2.25. The molecule has 1 atom stereocenters. The van der Waals surface area contributed by atoms with E-state index in [1.165, 1.54) is 31.4 Å². The van der Waals surface area contributed by atoms with Crippen LogP contribution in [0.1, 0.15) is 32.6 Å². The summed E-state index contributed by atoms with van der Waals surface area (Å²) in [4.78, 5) is 6.46. The summed E-state index contributed by atoms with van der Waals surface area (Å²) in [5, 5.41) is 0.591. The summed E-state index contributed by atoms with van der Waals surface area (Å²) in [6, 6.07) is 4.02. The van der Waals surface area contributed by atoms with E-state index in [0.717, 1.165) is 19.0 Å². The number of halogens is 1. The van der Waals surface area contributed by atoms with Crippen LogP contribution in [0, 0.1) is 5.92 Å². The molecule has 2 nitrogen and oxygen atoms in total. The van der Waals surface area contributed by atoms with E-state index in [4.69, 9.17) is 11.6 Å². The highest BCUT2D eigenvalue weighted by molar-refractivity contribution is 6.29. The van der Waals surface area contributed by atoms with E-state index >= 15 is 0 Å². The molecule has 3 heteroatoms. The molecule has 1 aromatic heterocycles. The number of pyridine rings is 1. The normalized spacial score (nSPS) is 21.9. The van der Waals surface area contributed by atoms with Gasteiger partial charge in [-0.15, -0.1) is 0 Å². The van der Waals surface area contributed by atoms with Crippen LogP contribution in [-0.2, 0) is 0 Å². The first-order chi connectivity index (χ1) is 7.79. The average Bonchev–Trinajstić information content (AvgIpc) is 2.54. The van der Waals surface area contributed by atoms with Crippen LogP contribution < -0.4 is 4.90 Å². The molecule has 2 rings (SSSR count). The number of rotatable bonds is 2. The van der Waals surface area contributed by atoms with Gasteiger partial charge >= 0.3 is 0 Å². The van der Waals surface area contributed by atoms with Gasteiger partial charge in [0.05, 0.1) is 0 Å². The van der Waals surface area contributed by atoms with Gasteiger partial charge in [-0.2, -0.15) is 0 Å². The second-order valence-corrected chi connectivity index (χ2v) is 4.92. The van der Waals surface area contributed by atoms with Crippen LogP contribution in [0.5, 0.6) is 0 Å². The van der Waals surface area contributed by atoms with E-state index in [9.17, 15) is 0 Å². The van der Waals surface area contributed by atoms with Crippen molar-refractivity contribution in [3.63, 3.8) is 0 Å². The molecule has 1 aliphatic heterocycles. The fourth-order valence-electron chi connectivity index (χ4n) is 2.42. The van der Waals surface area contributed by atoms with E-state index in [-0.39, 0.29) is 0 Å². The first kappa shape index (κ1) is 11.7. The minimum absolute atomic E-state index is 0.591.